The summed E-state index contributed by atoms with van der Waals surface area (Å²) in [6, 6.07) is 0.312. The summed E-state index contributed by atoms with van der Waals surface area (Å²) in [4.78, 5) is 2.32. The molecule has 5 nitrogen and oxygen atoms in total. The van der Waals surface area contributed by atoms with E-state index in [4.69, 9.17) is 5.73 Å². The van der Waals surface area contributed by atoms with Gasteiger partial charge in [0.15, 0.2) is 0 Å². The molecule has 0 radical (unpaired) electrons. The molecular formula is C11H25N3O2S. The highest BCUT2D eigenvalue weighted by atomic mass is 32.2. The van der Waals surface area contributed by atoms with Crippen LogP contribution in [0.25, 0.3) is 0 Å². The smallest absolute Gasteiger partial charge is 0.211 e. The summed E-state index contributed by atoms with van der Waals surface area (Å²) in [5.74, 6) is 0. The first-order chi connectivity index (χ1) is 7.93. The van der Waals surface area contributed by atoms with Gasteiger partial charge >= 0.3 is 0 Å². The molecule has 0 spiro atoms. The standard InChI is InChI=1S/C11H25N3O2S/c1-3-11(12)5-4-6-13-7-9-14(10-8-13)17(2,15)16/h11H,3-10,12H2,1-2H3. The fourth-order valence-electron chi connectivity index (χ4n) is 2.07. The highest BCUT2D eigenvalue weighted by molar-refractivity contribution is 7.88. The number of piperazine rings is 1. The summed E-state index contributed by atoms with van der Waals surface area (Å²) in [6.45, 7) is 6.07. The Hall–Kier alpha value is -0.170. The molecule has 1 rings (SSSR count). The largest absolute Gasteiger partial charge is 0.328 e. The monoisotopic (exact) mass is 263 g/mol. The average molecular weight is 263 g/mol. The van der Waals surface area contributed by atoms with Crippen molar-refractivity contribution in [1.82, 2.24) is 9.21 Å². The summed E-state index contributed by atoms with van der Waals surface area (Å²) >= 11 is 0. The minimum absolute atomic E-state index is 0.312. The third-order valence-corrected chi connectivity index (χ3v) is 4.68. The van der Waals surface area contributed by atoms with Crippen molar-refractivity contribution in [1.29, 1.82) is 0 Å². The zero-order valence-electron chi connectivity index (χ0n) is 10.9. The van der Waals surface area contributed by atoms with Gasteiger partial charge in [-0.2, -0.15) is 4.31 Å². The van der Waals surface area contributed by atoms with Crippen LogP contribution < -0.4 is 5.73 Å². The molecule has 2 N–H and O–H groups in total. The van der Waals surface area contributed by atoms with Crippen molar-refractivity contribution in [3.8, 4) is 0 Å². The third kappa shape index (κ3) is 5.33. The fraction of sp³-hybridized carbons (Fsp3) is 1.00. The van der Waals surface area contributed by atoms with Crippen LogP contribution in [0.3, 0.4) is 0 Å². The molecule has 1 unspecified atom stereocenters. The molecule has 1 saturated heterocycles. The van der Waals surface area contributed by atoms with Crippen LogP contribution in [-0.2, 0) is 10.0 Å². The predicted molar refractivity (Wildman–Crippen MR) is 70.4 cm³/mol. The Labute approximate surface area is 105 Å². The molecule has 1 heterocycles. The van der Waals surface area contributed by atoms with E-state index in [9.17, 15) is 8.42 Å². The number of hydrogen-bond acceptors (Lipinski definition) is 4. The molecule has 1 aliphatic rings. The van der Waals surface area contributed by atoms with Crippen LogP contribution in [0.5, 0.6) is 0 Å². The predicted octanol–water partition coefficient (Wildman–Crippen LogP) is 0.0811. The van der Waals surface area contributed by atoms with E-state index >= 15 is 0 Å². The van der Waals surface area contributed by atoms with E-state index in [-0.39, 0.29) is 0 Å². The lowest BCUT2D eigenvalue weighted by molar-refractivity contribution is 0.185. The van der Waals surface area contributed by atoms with E-state index in [1.165, 1.54) is 6.26 Å². The topological polar surface area (TPSA) is 66.6 Å². The third-order valence-electron chi connectivity index (χ3n) is 3.37. The van der Waals surface area contributed by atoms with Gasteiger partial charge in [-0.15, -0.1) is 0 Å². The highest BCUT2D eigenvalue weighted by Gasteiger charge is 2.22. The molecule has 0 saturated carbocycles. The van der Waals surface area contributed by atoms with Gasteiger partial charge < -0.3 is 10.6 Å². The molecule has 6 heteroatoms. The lowest BCUT2D eigenvalue weighted by atomic mass is 10.1. The Morgan fingerprint density at radius 3 is 2.29 bits per heavy atom. The molecular weight excluding hydrogens is 238 g/mol. The van der Waals surface area contributed by atoms with E-state index in [2.05, 4.69) is 11.8 Å². The molecule has 0 aliphatic carbocycles. The van der Waals surface area contributed by atoms with E-state index in [1.807, 2.05) is 0 Å². The zero-order valence-corrected chi connectivity index (χ0v) is 11.7. The van der Waals surface area contributed by atoms with Crippen molar-refractivity contribution in [2.45, 2.75) is 32.2 Å². The second-order valence-electron chi connectivity index (χ2n) is 4.81. The zero-order chi connectivity index (χ0) is 12.9. The van der Waals surface area contributed by atoms with Gasteiger partial charge in [-0.05, 0) is 25.8 Å². The van der Waals surface area contributed by atoms with Gasteiger partial charge in [0.05, 0.1) is 6.26 Å². The van der Waals surface area contributed by atoms with Crippen LogP contribution in [0, 0.1) is 0 Å². The molecule has 17 heavy (non-hydrogen) atoms. The van der Waals surface area contributed by atoms with Gasteiger partial charge in [-0.3, -0.25) is 0 Å². The van der Waals surface area contributed by atoms with Crippen LogP contribution in [0.1, 0.15) is 26.2 Å². The van der Waals surface area contributed by atoms with Crippen molar-refractivity contribution in [3.63, 3.8) is 0 Å². The normalized spacial score (nSPS) is 21.6. The van der Waals surface area contributed by atoms with Gasteiger partial charge in [-0.25, -0.2) is 8.42 Å². The summed E-state index contributed by atoms with van der Waals surface area (Å²) < 4.78 is 24.2. The Bertz CT molecular complexity index is 311. The summed E-state index contributed by atoms with van der Waals surface area (Å²) in [5, 5.41) is 0. The van der Waals surface area contributed by atoms with E-state index in [0.29, 0.717) is 19.1 Å². The minimum Gasteiger partial charge on any atom is -0.328 e. The Morgan fingerprint density at radius 2 is 1.82 bits per heavy atom. The molecule has 102 valence electrons. The van der Waals surface area contributed by atoms with Crippen LogP contribution >= 0.6 is 0 Å². The Kier molecular flexibility index (Phi) is 5.85. The van der Waals surface area contributed by atoms with Gasteiger partial charge in [0.25, 0.3) is 0 Å². The maximum Gasteiger partial charge on any atom is 0.211 e. The molecule has 1 atom stereocenters. The number of nitrogens with zero attached hydrogens (tertiary/aromatic N) is 2. The van der Waals surface area contributed by atoms with Gasteiger partial charge in [0.2, 0.25) is 10.0 Å². The van der Waals surface area contributed by atoms with E-state index in [1.54, 1.807) is 4.31 Å². The first-order valence-electron chi connectivity index (χ1n) is 6.36. The number of hydrogen-bond donors (Lipinski definition) is 1. The van der Waals surface area contributed by atoms with Gasteiger partial charge in [0, 0.05) is 32.2 Å². The second kappa shape index (κ2) is 6.68. The number of nitrogens with two attached hydrogens (primary N) is 1. The molecule has 0 aromatic heterocycles. The number of rotatable bonds is 6. The van der Waals surface area contributed by atoms with Crippen LogP contribution in [-0.4, -0.2) is 62.6 Å². The van der Waals surface area contributed by atoms with Crippen molar-refractivity contribution in [2.24, 2.45) is 5.73 Å². The molecule has 0 aromatic carbocycles. The lowest BCUT2D eigenvalue weighted by Gasteiger charge is -2.33. The van der Waals surface area contributed by atoms with Crippen molar-refractivity contribution in [2.75, 3.05) is 39.0 Å². The van der Waals surface area contributed by atoms with Crippen molar-refractivity contribution < 1.29 is 8.42 Å². The second-order valence-corrected chi connectivity index (χ2v) is 6.80. The maximum atomic E-state index is 11.3. The van der Waals surface area contributed by atoms with E-state index in [0.717, 1.165) is 38.9 Å². The molecule has 1 aliphatic heterocycles. The highest BCUT2D eigenvalue weighted by Crippen LogP contribution is 2.07. The Morgan fingerprint density at radius 1 is 1.24 bits per heavy atom. The van der Waals surface area contributed by atoms with E-state index < -0.39 is 10.0 Å². The Balaban J connectivity index is 2.19. The molecule has 1 fully saturated rings. The molecule has 0 aromatic rings. The number of sulfonamides is 1. The summed E-state index contributed by atoms with van der Waals surface area (Å²) in [6.07, 6.45) is 4.47. The first-order valence-corrected chi connectivity index (χ1v) is 8.21. The summed E-state index contributed by atoms with van der Waals surface area (Å²) in [5.41, 5.74) is 5.86. The van der Waals surface area contributed by atoms with Gasteiger partial charge in [-0.1, -0.05) is 6.92 Å². The van der Waals surface area contributed by atoms with Crippen LogP contribution in [0.4, 0.5) is 0 Å². The average Bonchev–Trinajstić information content (AvgIpc) is 2.28. The van der Waals surface area contributed by atoms with Gasteiger partial charge in [0.1, 0.15) is 0 Å². The first kappa shape index (κ1) is 14.9. The SMILES string of the molecule is CCC(N)CCCN1CCN(S(C)(=O)=O)CC1. The van der Waals surface area contributed by atoms with Crippen LogP contribution in [0.15, 0.2) is 0 Å². The lowest BCUT2D eigenvalue weighted by Crippen LogP contribution is -2.48. The maximum absolute atomic E-state index is 11.3. The molecule has 0 bridgehead atoms. The quantitative estimate of drug-likeness (QED) is 0.737. The molecule has 0 amide bonds. The summed E-state index contributed by atoms with van der Waals surface area (Å²) in [7, 11) is -3.00. The van der Waals surface area contributed by atoms with Crippen LogP contribution in [0.2, 0.25) is 0 Å². The van der Waals surface area contributed by atoms with Crippen molar-refractivity contribution >= 4 is 10.0 Å². The minimum atomic E-state index is -3.00. The van der Waals surface area contributed by atoms with Crippen molar-refractivity contribution in [3.05, 3.63) is 0 Å². The fourth-order valence-corrected chi connectivity index (χ4v) is 2.89.